The van der Waals surface area contributed by atoms with E-state index >= 15 is 0 Å². The van der Waals surface area contributed by atoms with Gasteiger partial charge in [0.15, 0.2) is 12.1 Å². The van der Waals surface area contributed by atoms with Crippen LogP contribution >= 0.6 is 0 Å². The molecule has 0 spiro atoms. The van der Waals surface area contributed by atoms with Gasteiger partial charge in [-0.25, -0.2) is 0 Å². The predicted octanol–water partition coefficient (Wildman–Crippen LogP) is 2.33. The van der Waals surface area contributed by atoms with Crippen LogP contribution in [0.3, 0.4) is 0 Å². The number of esters is 1. The van der Waals surface area contributed by atoms with E-state index in [1.165, 1.54) is 6.08 Å². The van der Waals surface area contributed by atoms with Crippen LogP contribution in [-0.2, 0) is 30.3 Å². The number of hydrogen-bond acceptors (Lipinski definition) is 14. The largest absolute Gasteiger partial charge is 0.462 e. The molecule has 1 saturated heterocycles. The van der Waals surface area contributed by atoms with Gasteiger partial charge in [-0.05, 0) is 77.9 Å². The Morgan fingerprint density at radius 1 is 1.09 bits per heavy atom. The fraction of sp³-hybridized carbons (Fsp3) is 0.659. The molecule has 3 unspecified atom stereocenters. The molecule has 3 heterocycles. The van der Waals surface area contributed by atoms with Crippen molar-refractivity contribution in [2.75, 3.05) is 39.5 Å². The van der Waals surface area contributed by atoms with Gasteiger partial charge in [0.05, 0.1) is 56.2 Å². The smallest absolute Gasteiger partial charge is 0.308 e. The zero-order chi connectivity index (χ0) is 41.1. The molecule has 0 aliphatic carbocycles. The molecular formula is C41H64N6O9. The number of anilines is 1. The minimum absolute atomic E-state index is 0.103. The van der Waals surface area contributed by atoms with Crippen LogP contribution in [0.1, 0.15) is 60.3 Å². The van der Waals surface area contributed by atoms with Gasteiger partial charge in [0.2, 0.25) is 0 Å². The van der Waals surface area contributed by atoms with Crippen LogP contribution in [0.15, 0.2) is 54.3 Å². The summed E-state index contributed by atoms with van der Waals surface area (Å²) in [5.74, 6) is -2.73. The number of allylic oxidation sites excluding steroid dienone is 3. The van der Waals surface area contributed by atoms with Crippen molar-refractivity contribution in [2.45, 2.75) is 116 Å². The van der Waals surface area contributed by atoms with Crippen LogP contribution < -0.4 is 11.1 Å². The first-order valence-electron chi connectivity index (χ1n) is 19.8. The predicted molar refractivity (Wildman–Crippen MR) is 212 cm³/mol. The van der Waals surface area contributed by atoms with E-state index in [-0.39, 0.29) is 24.7 Å². The maximum Gasteiger partial charge on any atom is 0.308 e. The van der Waals surface area contributed by atoms with Crippen LogP contribution in [0, 0.1) is 23.7 Å². The molecule has 15 nitrogen and oxygen atoms in total. The molecule has 0 radical (unpaired) electrons. The second-order valence-corrected chi connectivity index (χ2v) is 15.7. The standard InChI is InChI=1S/C41H64N6O9/c1-8-35-30(23-48)18-24(2)12-13-33(49)25(3)19-29(14-15-43-16-17-47-22-32(44-45-47)28-10-9-11-31(42)20-28)40(26(4)34(50)21-36(51)55-35)56-41-39(53)37(46(6)7)38(52)27(5)54-41/h9-13,18,20,22,25-27,29-30,34-35,37-41,43,48,50,52-53H,8,14-17,19,21,23,42H2,1-7H3/b13-12+,24-18+/t25-,26+,27-,29+,30-,34-,35-,37?,38?,39?,40-,41+/m1/s1. The SMILES string of the molecule is CC[C@H]1OC(=O)C[C@@H](O)[C@H](C)[C@@H](O[C@@H]2O[C@H](C)C(O)C(N(C)C)C2O)[C@@H](CCNCCn2cc(-c3cccc(N)c3)nn2)C[C@@H](C)C(=O)/C=C/C(C)=C/[C@@H]1CO. The number of benzene rings is 1. The van der Waals surface area contributed by atoms with Crippen molar-refractivity contribution in [1.29, 1.82) is 0 Å². The van der Waals surface area contributed by atoms with Crippen molar-refractivity contribution < 1.29 is 44.2 Å². The molecular weight excluding hydrogens is 720 g/mol. The Bertz CT molecular complexity index is 1620. The Kier molecular flexibility index (Phi) is 17.2. The third-order valence-corrected chi connectivity index (χ3v) is 11.1. The highest BCUT2D eigenvalue weighted by Crippen LogP contribution is 2.34. The summed E-state index contributed by atoms with van der Waals surface area (Å²) in [7, 11) is 3.51. The van der Waals surface area contributed by atoms with Gasteiger partial charge in [-0.1, -0.05) is 55.8 Å². The topological polar surface area (TPSA) is 215 Å². The molecule has 1 aromatic carbocycles. The highest BCUT2D eigenvalue weighted by Gasteiger charge is 2.47. The monoisotopic (exact) mass is 784 g/mol. The number of nitrogens with zero attached hydrogens (tertiary/aromatic N) is 4. The normalized spacial score (nSPS) is 34.2. The van der Waals surface area contributed by atoms with Crippen LogP contribution in [-0.4, -0.2) is 135 Å². The number of hydrogen-bond donors (Lipinski definition) is 6. The number of aromatic nitrogens is 3. The summed E-state index contributed by atoms with van der Waals surface area (Å²) >= 11 is 0. The highest BCUT2D eigenvalue weighted by atomic mass is 16.7. The van der Waals surface area contributed by atoms with Crippen LogP contribution in [0.2, 0.25) is 0 Å². The van der Waals surface area contributed by atoms with Crippen LogP contribution in [0.25, 0.3) is 11.3 Å². The Labute approximate surface area is 330 Å². The maximum atomic E-state index is 13.6. The van der Waals surface area contributed by atoms with E-state index < -0.39 is 72.7 Å². The molecule has 2 aromatic rings. The van der Waals surface area contributed by atoms with Gasteiger partial charge in [-0.3, -0.25) is 14.3 Å². The first kappa shape index (κ1) is 45.2. The molecule has 0 saturated carbocycles. The number of cyclic esters (lactones) is 1. The summed E-state index contributed by atoms with van der Waals surface area (Å²) in [4.78, 5) is 28.6. The van der Waals surface area contributed by atoms with Crippen molar-refractivity contribution in [2.24, 2.45) is 23.7 Å². The average molecular weight is 785 g/mol. The molecule has 0 amide bonds. The number of rotatable bonds is 12. The lowest BCUT2D eigenvalue weighted by Crippen LogP contribution is -2.63. The minimum Gasteiger partial charge on any atom is -0.462 e. The number of carbonyl (C=O) groups excluding carboxylic acids is 2. The first-order chi connectivity index (χ1) is 26.6. The van der Waals surface area contributed by atoms with Crippen molar-refractivity contribution in [3.8, 4) is 11.3 Å². The van der Waals surface area contributed by atoms with Gasteiger partial charge >= 0.3 is 5.97 Å². The number of ether oxygens (including phenoxy) is 3. The van der Waals surface area contributed by atoms with E-state index in [9.17, 15) is 30.0 Å². The van der Waals surface area contributed by atoms with Crippen LogP contribution in [0.4, 0.5) is 5.69 Å². The number of nitrogens with one attached hydrogen (secondary N) is 1. The van der Waals surface area contributed by atoms with E-state index in [1.807, 2.05) is 51.2 Å². The Morgan fingerprint density at radius 2 is 1.84 bits per heavy atom. The summed E-state index contributed by atoms with van der Waals surface area (Å²) in [6, 6.07) is 6.74. The molecule has 1 aromatic heterocycles. The first-order valence-corrected chi connectivity index (χ1v) is 19.8. The molecule has 56 heavy (non-hydrogen) atoms. The third kappa shape index (κ3) is 12.2. The fourth-order valence-corrected chi connectivity index (χ4v) is 7.70. The van der Waals surface area contributed by atoms with Crippen molar-refractivity contribution in [3.63, 3.8) is 0 Å². The molecule has 2 aliphatic rings. The van der Waals surface area contributed by atoms with Gasteiger partial charge in [-0.2, -0.15) is 0 Å². The van der Waals surface area contributed by atoms with Gasteiger partial charge in [0, 0.05) is 35.5 Å². The zero-order valence-electron chi connectivity index (χ0n) is 33.9. The summed E-state index contributed by atoms with van der Waals surface area (Å²) in [6.07, 6.45) is 1.09. The lowest BCUT2D eigenvalue weighted by Gasteiger charge is -2.46. The average Bonchev–Trinajstić information content (AvgIpc) is 3.63. The zero-order valence-corrected chi connectivity index (χ0v) is 33.9. The Balaban J connectivity index is 1.61. The molecule has 15 heteroatoms. The van der Waals surface area contributed by atoms with E-state index in [1.54, 1.807) is 49.7 Å². The summed E-state index contributed by atoms with van der Waals surface area (Å²) in [6.45, 7) is 10.3. The van der Waals surface area contributed by atoms with E-state index in [0.29, 0.717) is 50.3 Å². The van der Waals surface area contributed by atoms with E-state index in [0.717, 1.165) is 11.1 Å². The number of nitrogen functional groups attached to an aromatic ring is 1. The Hall–Kier alpha value is -3.54. The molecule has 7 N–H and O–H groups in total. The molecule has 2 aliphatic heterocycles. The highest BCUT2D eigenvalue weighted by molar-refractivity contribution is 5.91. The third-order valence-electron chi connectivity index (χ3n) is 11.1. The van der Waals surface area contributed by atoms with E-state index in [4.69, 9.17) is 19.9 Å². The van der Waals surface area contributed by atoms with Gasteiger partial charge < -0.3 is 50.6 Å². The summed E-state index contributed by atoms with van der Waals surface area (Å²) < 4.78 is 20.3. The number of aliphatic hydroxyl groups is 4. The molecule has 12 atom stereocenters. The quantitative estimate of drug-likeness (QED) is 0.104. The molecule has 4 rings (SSSR count). The van der Waals surface area contributed by atoms with Gasteiger partial charge in [0.25, 0.3) is 0 Å². The second-order valence-electron chi connectivity index (χ2n) is 15.7. The molecule has 1 fully saturated rings. The van der Waals surface area contributed by atoms with E-state index in [2.05, 4.69) is 15.6 Å². The van der Waals surface area contributed by atoms with Crippen LogP contribution in [0.5, 0.6) is 0 Å². The molecule has 312 valence electrons. The number of carbonyl (C=O) groups is 2. The number of nitrogens with two attached hydrogens (primary N) is 1. The fourth-order valence-electron chi connectivity index (χ4n) is 7.70. The number of likely N-dealkylation sites (N-methyl/N-ethyl adjacent to an activating group) is 1. The van der Waals surface area contributed by atoms with Crippen molar-refractivity contribution in [3.05, 3.63) is 54.3 Å². The lowest BCUT2D eigenvalue weighted by atomic mass is 9.79. The second kappa shape index (κ2) is 21.3. The number of ketones is 1. The maximum absolute atomic E-state index is 13.6. The van der Waals surface area contributed by atoms with Gasteiger partial charge in [0.1, 0.15) is 17.9 Å². The van der Waals surface area contributed by atoms with Gasteiger partial charge in [-0.15, -0.1) is 5.10 Å². The Morgan fingerprint density at radius 3 is 2.52 bits per heavy atom. The van der Waals surface area contributed by atoms with Crippen molar-refractivity contribution in [1.82, 2.24) is 25.2 Å². The number of aliphatic hydroxyl groups excluding tert-OH is 4. The van der Waals surface area contributed by atoms with Crippen molar-refractivity contribution >= 4 is 17.4 Å². The lowest BCUT2D eigenvalue weighted by molar-refractivity contribution is -0.304. The summed E-state index contributed by atoms with van der Waals surface area (Å²) in [5.41, 5.74) is 8.91. The minimum atomic E-state index is -1.25. The molecule has 0 bridgehead atoms. The summed E-state index contributed by atoms with van der Waals surface area (Å²) in [5, 5.41) is 56.2.